The highest BCUT2D eigenvalue weighted by atomic mass is 16.6. The van der Waals surface area contributed by atoms with Crippen LogP contribution in [0.1, 0.15) is 20.3 Å². The predicted octanol–water partition coefficient (Wildman–Crippen LogP) is 2.66. The quantitative estimate of drug-likeness (QED) is 0.485. The van der Waals surface area contributed by atoms with Crippen LogP contribution in [0.4, 0.5) is 17.1 Å². The maximum Gasteiger partial charge on any atom is 0.271 e. The van der Waals surface area contributed by atoms with E-state index in [4.69, 9.17) is 5.73 Å². The van der Waals surface area contributed by atoms with Gasteiger partial charge in [-0.1, -0.05) is 20.3 Å². The van der Waals surface area contributed by atoms with Crippen LogP contribution in [0, 0.1) is 16.0 Å². The molecule has 1 aromatic rings. The lowest BCUT2D eigenvalue weighted by Gasteiger charge is -2.24. The number of benzene rings is 1. The van der Waals surface area contributed by atoms with Crippen molar-refractivity contribution in [1.29, 1.82) is 0 Å². The molecule has 0 aliphatic rings. The Morgan fingerprint density at radius 1 is 1.53 bits per heavy atom. The third-order valence-corrected chi connectivity index (χ3v) is 2.92. The first-order valence-electron chi connectivity index (χ1n) is 5.70. The third-order valence-electron chi connectivity index (χ3n) is 2.92. The fourth-order valence-corrected chi connectivity index (χ4v) is 1.70. The van der Waals surface area contributed by atoms with E-state index in [1.807, 2.05) is 11.9 Å². The average molecular weight is 237 g/mol. The van der Waals surface area contributed by atoms with Crippen molar-refractivity contribution in [3.8, 4) is 0 Å². The van der Waals surface area contributed by atoms with Gasteiger partial charge >= 0.3 is 0 Å². The van der Waals surface area contributed by atoms with Crippen molar-refractivity contribution in [3.05, 3.63) is 28.3 Å². The monoisotopic (exact) mass is 237 g/mol. The van der Waals surface area contributed by atoms with Crippen LogP contribution in [0.3, 0.4) is 0 Å². The fraction of sp³-hybridized carbons (Fsp3) is 0.500. The van der Waals surface area contributed by atoms with Gasteiger partial charge in [-0.05, 0) is 12.0 Å². The maximum absolute atomic E-state index is 10.6. The van der Waals surface area contributed by atoms with Crippen LogP contribution >= 0.6 is 0 Å². The molecule has 0 aliphatic heterocycles. The Morgan fingerprint density at radius 3 is 2.65 bits per heavy atom. The number of hydrogen-bond donors (Lipinski definition) is 1. The molecule has 0 saturated heterocycles. The fourth-order valence-electron chi connectivity index (χ4n) is 1.70. The van der Waals surface area contributed by atoms with Crippen molar-refractivity contribution in [1.82, 2.24) is 0 Å². The van der Waals surface area contributed by atoms with E-state index in [0.29, 0.717) is 11.6 Å². The number of rotatable bonds is 5. The molecule has 94 valence electrons. The molecular formula is C12H19N3O2. The lowest BCUT2D eigenvalue weighted by atomic mass is 10.1. The van der Waals surface area contributed by atoms with Gasteiger partial charge in [0.25, 0.3) is 5.69 Å². The molecule has 1 rings (SSSR count). The molecule has 5 heteroatoms. The number of nitro groups is 1. The second-order valence-corrected chi connectivity index (χ2v) is 4.39. The number of anilines is 2. The number of nitrogen functional groups attached to an aromatic ring is 1. The number of hydrogen-bond acceptors (Lipinski definition) is 4. The molecule has 1 aromatic carbocycles. The van der Waals surface area contributed by atoms with Gasteiger partial charge in [0.15, 0.2) is 0 Å². The number of nitrogens with two attached hydrogens (primary N) is 1. The van der Waals surface area contributed by atoms with Gasteiger partial charge in [-0.2, -0.15) is 0 Å². The summed E-state index contributed by atoms with van der Waals surface area (Å²) in [5, 5.41) is 10.6. The summed E-state index contributed by atoms with van der Waals surface area (Å²) in [5.41, 5.74) is 7.15. The molecule has 5 nitrogen and oxygen atoms in total. The second-order valence-electron chi connectivity index (χ2n) is 4.39. The smallest absolute Gasteiger partial charge is 0.271 e. The van der Waals surface area contributed by atoms with E-state index < -0.39 is 4.92 Å². The molecule has 0 saturated carbocycles. The normalized spacial score (nSPS) is 12.2. The summed E-state index contributed by atoms with van der Waals surface area (Å²) in [6.45, 7) is 5.19. The first-order chi connectivity index (χ1) is 7.95. The zero-order chi connectivity index (χ0) is 13.0. The Balaban J connectivity index is 2.88. The zero-order valence-corrected chi connectivity index (χ0v) is 10.5. The summed E-state index contributed by atoms with van der Waals surface area (Å²) in [4.78, 5) is 12.2. The molecule has 1 unspecified atom stereocenters. The number of nitro benzene ring substituents is 1. The summed E-state index contributed by atoms with van der Waals surface area (Å²) in [6.07, 6.45) is 1.09. The highest BCUT2D eigenvalue weighted by Gasteiger charge is 2.12. The molecule has 0 aromatic heterocycles. The van der Waals surface area contributed by atoms with Gasteiger partial charge in [0, 0.05) is 25.7 Å². The van der Waals surface area contributed by atoms with E-state index in [9.17, 15) is 10.1 Å². The largest absolute Gasteiger partial charge is 0.397 e. The standard InChI is InChI=1S/C12H19N3O2/c1-4-9(2)8-14(3)12-6-5-10(15(16)17)7-11(12)13/h5-7,9H,4,8,13H2,1-3H3. The molecule has 17 heavy (non-hydrogen) atoms. The Hall–Kier alpha value is -1.78. The Labute approximate surface area is 101 Å². The molecule has 0 spiro atoms. The SMILES string of the molecule is CCC(C)CN(C)c1ccc([N+](=O)[O-])cc1N. The van der Waals surface area contributed by atoms with Crippen LogP contribution in [0.5, 0.6) is 0 Å². The van der Waals surface area contributed by atoms with Crippen LogP contribution in [0.25, 0.3) is 0 Å². The molecule has 2 N–H and O–H groups in total. The molecule has 0 amide bonds. The summed E-state index contributed by atoms with van der Waals surface area (Å²) >= 11 is 0. The van der Waals surface area contributed by atoms with Gasteiger partial charge in [-0.15, -0.1) is 0 Å². The minimum Gasteiger partial charge on any atom is -0.397 e. The van der Waals surface area contributed by atoms with Crippen LogP contribution in [0.2, 0.25) is 0 Å². The highest BCUT2D eigenvalue weighted by molar-refractivity contribution is 5.70. The van der Waals surface area contributed by atoms with Gasteiger partial charge in [0.2, 0.25) is 0 Å². The topological polar surface area (TPSA) is 72.4 Å². The lowest BCUT2D eigenvalue weighted by molar-refractivity contribution is -0.384. The summed E-state index contributed by atoms with van der Waals surface area (Å²) in [6, 6.07) is 4.59. The summed E-state index contributed by atoms with van der Waals surface area (Å²) < 4.78 is 0. The van der Waals surface area contributed by atoms with E-state index in [2.05, 4.69) is 13.8 Å². The summed E-state index contributed by atoms with van der Waals surface area (Å²) in [5.74, 6) is 0.564. The first-order valence-corrected chi connectivity index (χ1v) is 5.70. The van der Waals surface area contributed by atoms with E-state index >= 15 is 0 Å². The van der Waals surface area contributed by atoms with Crippen molar-refractivity contribution in [2.24, 2.45) is 5.92 Å². The average Bonchev–Trinajstić information content (AvgIpc) is 2.28. The molecule has 0 radical (unpaired) electrons. The Kier molecular flexibility index (Phi) is 4.31. The minimum atomic E-state index is -0.436. The molecule has 0 fully saturated rings. The van der Waals surface area contributed by atoms with E-state index in [1.54, 1.807) is 6.07 Å². The lowest BCUT2D eigenvalue weighted by Crippen LogP contribution is -2.24. The molecule has 0 bridgehead atoms. The van der Waals surface area contributed by atoms with Crippen LogP contribution in [-0.4, -0.2) is 18.5 Å². The number of non-ortho nitro benzene ring substituents is 1. The van der Waals surface area contributed by atoms with Crippen molar-refractivity contribution in [2.45, 2.75) is 20.3 Å². The minimum absolute atomic E-state index is 0.0307. The number of nitrogens with zero attached hydrogens (tertiary/aromatic N) is 2. The van der Waals surface area contributed by atoms with Crippen molar-refractivity contribution >= 4 is 17.1 Å². The van der Waals surface area contributed by atoms with Gasteiger partial charge < -0.3 is 10.6 Å². The van der Waals surface area contributed by atoms with Gasteiger partial charge in [0.05, 0.1) is 16.3 Å². The van der Waals surface area contributed by atoms with Gasteiger partial charge in [-0.25, -0.2) is 0 Å². The molecule has 0 heterocycles. The van der Waals surface area contributed by atoms with E-state index in [0.717, 1.165) is 18.7 Å². The van der Waals surface area contributed by atoms with Crippen molar-refractivity contribution in [2.75, 3.05) is 24.2 Å². The van der Waals surface area contributed by atoms with Crippen LogP contribution in [0.15, 0.2) is 18.2 Å². The summed E-state index contributed by atoms with van der Waals surface area (Å²) in [7, 11) is 1.95. The maximum atomic E-state index is 10.6. The van der Waals surface area contributed by atoms with Crippen LogP contribution < -0.4 is 10.6 Å². The first kappa shape index (κ1) is 13.3. The molecule has 0 aliphatic carbocycles. The van der Waals surface area contributed by atoms with E-state index in [-0.39, 0.29) is 5.69 Å². The third kappa shape index (κ3) is 3.34. The Morgan fingerprint density at radius 2 is 2.18 bits per heavy atom. The predicted molar refractivity (Wildman–Crippen MR) is 70.2 cm³/mol. The van der Waals surface area contributed by atoms with Crippen molar-refractivity contribution < 1.29 is 4.92 Å². The van der Waals surface area contributed by atoms with Gasteiger partial charge in [-0.3, -0.25) is 10.1 Å². The van der Waals surface area contributed by atoms with Crippen LogP contribution in [-0.2, 0) is 0 Å². The van der Waals surface area contributed by atoms with Crippen molar-refractivity contribution in [3.63, 3.8) is 0 Å². The molecular weight excluding hydrogens is 218 g/mol. The Bertz CT molecular complexity index is 407. The zero-order valence-electron chi connectivity index (χ0n) is 10.5. The second kappa shape index (κ2) is 5.52. The van der Waals surface area contributed by atoms with Gasteiger partial charge in [0.1, 0.15) is 0 Å². The molecule has 1 atom stereocenters. The highest BCUT2D eigenvalue weighted by Crippen LogP contribution is 2.27. The van der Waals surface area contributed by atoms with E-state index in [1.165, 1.54) is 12.1 Å².